The zero-order valence-corrected chi connectivity index (χ0v) is 12.5. The molecular weight excluding hydrogens is 292 g/mol. The molecule has 0 aromatic heterocycles. The molecule has 21 heavy (non-hydrogen) atoms. The highest BCUT2D eigenvalue weighted by Gasteiger charge is 2.10. The third-order valence-corrected chi connectivity index (χ3v) is 3.30. The van der Waals surface area contributed by atoms with E-state index in [4.69, 9.17) is 26.2 Å². The molecule has 0 fully saturated rings. The van der Waals surface area contributed by atoms with E-state index in [1.165, 1.54) is 13.2 Å². The van der Waals surface area contributed by atoms with Crippen molar-refractivity contribution in [3.05, 3.63) is 58.1 Å². The molecule has 0 atom stereocenters. The highest BCUT2D eigenvalue weighted by Crippen LogP contribution is 2.26. The van der Waals surface area contributed by atoms with Gasteiger partial charge in [0.25, 0.3) is 0 Å². The Labute approximate surface area is 127 Å². The van der Waals surface area contributed by atoms with Crippen LogP contribution in [0.5, 0.6) is 11.5 Å². The summed E-state index contributed by atoms with van der Waals surface area (Å²) in [6, 6.07) is 10.0. The van der Waals surface area contributed by atoms with Crippen LogP contribution in [0.2, 0.25) is 5.02 Å². The first-order valence-electron chi connectivity index (χ1n) is 6.30. The minimum atomic E-state index is -0.988. The summed E-state index contributed by atoms with van der Waals surface area (Å²) < 4.78 is 10.9. The number of hydrogen-bond donors (Lipinski definition) is 1. The second-order valence-corrected chi connectivity index (χ2v) is 4.97. The van der Waals surface area contributed by atoms with E-state index in [0.29, 0.717) is 22.1 Å². The van der Waals surface area contributed by atoms with E-state index in [1.54, 1.807) is 24.3 Å². The van der Waals surface area contributed by atoms with Crippen molar-refractivity contribution in [2.24, 2.45) is 0 Å². The Morgan fingerprint density at radius 3 is 2.62 bits per heavy atom. The lowest BCUT2D eigenvalue weighted by molar-refractivity contribution is 0.0696. The maximum Gasteiger partial charge on any atom is 0.335 e. The Morgan fingerprint density at radius 1 is 1.19 bits per heavy atom. The SMILES string of the molecule is COc1ccc(C(=O)O)cc1COc1cc(Cl)ccc1C. The van der Waals surface area contributed by atoms with Crippen molar-refractivity contribution < 1.29 is 19.4 Å². The fourth-order valence-corrected chi connectivity index (χ4v) is 2.07. The van der Waals surface area contributed by atoms with Gasteiger partial charge >= 0.3 is 5.97 Å². The normalized spacial score (nSPS) is 10.2. The van der Waals surface area contributed by atoms with Gasteiger partial charge in [0, 0.05) is 10.6 Å². The fraction of sp³-hybridized carbons (Fsp3) is 0.188. The minimum Gasteiger partial charge on any atom is -0.496 e. The Morgan fingerprint density at radius 2 is 1.95 bits per heavy atom. The van der Waals surface area contributed by atoms with Gasteiger partial charge in [-0.1, -0.05) is 17.7 Å². The van der Waals surface area contributed by atoms with E-state index in [2.05, 4.69) is 0 Å². The van der Waals surface area contributed by atoms with Crippen LogP contribution in [0.3, 0.4) is 0 Å². The van der Waals surface area contributed by atoms with Gasteiger partial charge in [0.05, 0.1) is 12.7 Å². The van der Waals surface area contributed by atoms with Gasteiger partial charge < -0.3 is 14.6 Å². The second-order valence-electron chi connectivity index (χ2n) is 4.53. The number of methoxy groups -OCH3 is 1. The van der Waals surface area contributed by atoms with Crippen LogP contribution < -0.4 is 9.47 Å². The van der Waals surface area contributed by atoms with Gasteiger partial charge in [0.15, 0.2) is 0 Å². The Hall–Kier alpha value is -2.20. The van der Waals surface area contributed by atoms with Gasteiger partial charge in [0.2, 0.25) is 0 Å². The largest absolute Gasteiger partial charge is 0.496 e. The number of halogens is 1. The molecule has 0 aliphatic heterocycles. The summed E-state index contributed by atoms with van der Waals surface area (Å²) in [4.78, 5) is 11.0. The predicted molar refractivity (Wildman–Crippen MR) is 80.5 cm³/mol. The topological polar surface area (TPSA) is 55.8 Å². The lowest BCUT2D eigenvalue weighted by Gasteiger charge is -2.13. The number of aryl methyl sites for hydroxylation is 1. The summed E-state index contributed by atoms with van der Waals surface area (Å²) in [6.45, 7) is 2.11. The predicted octanol–water partition coefficient (Wildman–Crippen LogP) is 3.93. The van der Waals surface area contributed by atoms with E-state index >= 15 is 0 Å². The van der Waals surface area contributed by atoms with Crippen molar-refractivity contribution in [2.75, 3.05) is 7.11 Å². The summed E-state index contributed by atoms with van der Waals surface area (Å²) in [5, 5.41) is 9.62. The first kappa shape index (κ1) is 15.2. The number of rotatable bonds is 5. The average molecular weight is 307 g/mol. The quantitative estimate of drug-likeness (QED) is 0.909. The molecule has 0 aliphatic rings. The summed E-state index contributed by atoms with van der Waals surface area (Å²) in [6.07, 6.45) is 0. The molecular formula is C16H15ClO4. The molecule has 0 amide bonds. The van der Waals surface area contributed by atoms with E-state index in [9.17, 15) is 4.79 Å². The van der Waals surface area contributed by atoms with Crippen molar-refractivity contribution >= 4 is 17.6 Å². The van der Waals surface area contributed by atoms with E-state index in [0.717, 1.165) is 5.56 Å². The third-order valence-electron chi connectivity index (χ3n) is 3.06. The molecule has 0 aliphatic carbocycles. The molecule has 0 spiro atoms. The van der Waals surface area contributed by atoms with Gasteiger partial charge in [-0.3, -0.25) is 0 Å². The molecule has 1 N–H and O–H groups in total. The van der Waals surface area contributed by atoms with Crippen LogP contribution in [0.4, 0.5) is 0 Å². The molecule has 0 saturated heterocycles. The number of benzene rings is 2. The molecule has 2 rings (SSSR count). The standard InChI is InChI=1S/C16H15ClO4/c1-10-3-5-13(17)8-15(10)21-9-12-7-11(16(18)19)4-6-14(12)20-2/h3-8H,9H2,1-2H3,(H,18,19). The van der Waals surface area contributed by atoms with E-state index in [-0.39, 0.29) is 12.2 Å². The number of carboxylic acids is 1. The van der Waals surface area contributed by atoms with Gasteiger partial charge in [-0.15, -0.1) is 0 Å². The van der Waals surface area contributed by atoms with Crippen LogP contribution in [0.15, 0.2) is 36.4 Å². The summed E-state index contributed by atoms with van der Waals surface area (Å²) >= 11 is 5.94. The van der Waals surface area contributed by atoms with E-state index in [1.807, 2.05) is 13.0 Å². The Bertz CT molecular complexity index is 667. The zero-order chi connectivity index (χ0) is 15.4. The molecule has 0 radical (unpaired) electrons. The molecule has 110 valence electrons. The summed E-state index contributed by atoms with van der Waals surface area (Å²) in [7, 11) is 1.53. The van der Waals surface area contributed by atoms with Crippen LogP contribution in [0.25, 0.3) is 0 Å². The highest BCUT2D eigenvalue weighted by molar-refractivity contribution is 6.30. The smallest absolute Gasteiger partial charge is 0.335 e. The van der Waals surface area contributed by atoms with Crippen LogP contribution >= 0.6 is 11.6 Å². The van der Waals surface area contributed by atoms with Gasteiger partial charge in [0.1, 0.15) is 18.1 Å². The Balaban J connectivity index is 2.24. The second kappa shape index (κ2) is 6.50. The molecule has 0 saturated carbocycles. The molecule has 0 bridgehead atoms. The monoisotopic (exact) mass is 306 g/mol. The van der Waals surface area contributed by atoms with Crippen LogP contribution in [-0.2, 0) is 6.61 Å². The first-order valence-corrected chi connectivity index (χ1v) is 6.68. The van der Waals surface area contributed by atoms with Gasteiger partial charge in [-0.25, -0.2) is 4.79 Å². The summed E-state index contributed by atoms with van der Waals surface area (Å²) in [5.41, 5.74) is 1.81. The molecule has 4 nitrogen and oxygen atoms in total. The Kier molecular flexibility index (Phi) is 4.70. The lowest BCUT2D eigenvalue weighted by atomic mass is 10.1. The van der Waals surface area contributed by atoms with Crippen molar-refractivity contribution in [3.63, 3.8) is 0 Å². The molecule has 5 heteroatoms. The van der Waals surface area contributed by atoms with Gasteiger partial charge in [-0.05, 0) is 42.8 Å². The van der Waals surface area contributed by atoms with Crippen molar-refractivity contribution in [3.8, 4) is 11.5 Å². The molecule has 2 aromatic rings. The highest BCUT2D eigenvalue weighted by atomic mass is 35.5. The maximum atomic E-state index is 11.0. The average Bonchev–Trinajstić information content (AvgIpc) is 2.47. The van der Waals surface area contributed by atoms with Crippen LogP contribution in [-0.4, -0.2) is 18.2 Å². The number of hydrogen-bond acceptors (Lipinski definition) is 3. The molecule has 2 aromatic carbocycles. The zero-order valence-electron chi connectivity index (χ0n) is 11.7. The van der Waals surface area contributed by atoms with Crippen molar-refractivity contribution in [1.29, 1.82) is 0 Å². The minimum absolute atomic E-state index is 0.192. The van der Waals surface area contributed by atoms with Crippen molar-refractivity contribution in [2.45, 2.75) is 13.5 Å². The van der Waals surface area contributed by atoms with Crippen molar-refractivity contribution in [1.82, 2.24) is 0 Å². The van der Waals surface area contributed by atoms with E-state index < -0.39 is 5.97 Å². The van der Waals surface area contributed by atoms with Gasteiger partial charge in [-0.2, -0.15) is 0 Å². The fourth-order valence-electron chi connectivity index (χ4n) is 1.91. The molecule has 0 unspecified atom stereocenters. The van der Waals surface area contributed by atoms with Crippen LogP contribution in [0, 0.1) is 6.92 Å². The number of carboxylic acid groups (broad SMARTS) is 1. The lowest BCUT2D eigenvalue weighted by Crippen LogP contribution is -2.03. The number of carbonyl (C=O) groups is 1. The maximum absolute atomic E-state index is 11.0. The molecule has 0 heterocycles. The first-order chi connectivity index (χ1) is 10.0. The number of ether oxygens (including phenoxy) is 2. The van der Waals surface area contributed by atoms with Crippen LogP contribution in [0.1, 0.15) is 21.5 Å². The summed E-state index contributed by atoms with van der Waals surface area (Å²) in [5.74, 6) is 0.253. The third kappa shape index (κ3) is 3.67. The number of aromatic carboxylic acids is 1.